The standard InChI is InChI=1S/C22H22F2N4O2/c1-28(15-20(29)10-16-5-3-2-4-6-16)21(30)19-9-17(12-26-14-19)7-8-18(11-25)13-27-22(23)24/h2-6,9,11-14,20,22,29H,10,15,25H2,1H3. The Kier molecular flexibility index (Phi) is 8.66. The molecular weight excluding hydrogens is 390 g/mol. The van der Waals surface area contributed by atoms with Gasteiger partial charge >= 0.3 is 6.55 Å². The molecule has 1 unspecified atom stereocenters. The van der Waals surface area contributed by atoms with Crippen molar-refractivity contribution < 1.29 is 18.7 Å². The van der Waals surface area contributed by atoms with Crippen molar-refractivity contribution >= 4 is 12.1 Å². The highest BCUT2D eigenvalue weighted by Crippen LogP contribution is 2.08. The molecule has 1 atom stereocenters. The molecule has 0 bridgehead atoms. The predicted octanol–water partition coefficient (Wildman–Crippen LogP) is 2.24. The molecule has 1 heterocycles. The van der Waals surface area contributed by atoms with Crippen molar-refractivity contribution in [2.75, 3.05) is 13.6 Å². The first-order valence-electron chi connectivity index (χ1n) is 9.06. The van der Waals surface area contributed by atoms with Crippen LogP contribution in [-0.4, -0.2) is 53.4 Å². The molecule has 0 radical (unpaired) electrons. The Labute approximate surface area is 173 Å². The topological polar surface area (TPSA) is 91.8 Å². The van der Waals surface area contributed by atoms with E-state index in [1.807, 2.05) is 30.3 Å². The van der Waals surface area contributed by atoms with Crippen molar-refractivity contribution in [3.05, 3.63) is 77.3 Å². The minimum absolute atomic E-state index is 0.105. The minimum atomic E-state index is -2.85. The van der Waals surface area contributed by atoms with Gasteiger partial charge in [-0.05, 0) is 11.6 Å². The fourth-order valence-corrected chi connectivity index (χ4v) is 2.59. The quantitative estimate of drug-likeness (QED) is 0.415. The summed E-state index contributed by atoms with van der Waals surface area (Å²) >= 11 is 0. The van der Waals surface area contributed by atoms with E-state index in [4.69, 9.17) is 5.73 Å². The van der Waals surface area contributed by atoms with Gasteiger partial charge in [0.1, 0.15) is 0 Å². The smallest absolute Gasteiger partial charge is 0.331 e. The second-order valence-electron chi connectivity index (χ2n) is 6.42. The zero-order valence-corrected chi connectivity index (χ0v) is 16.4. The Morgan fingerprint density at radius 1 is 1.33 bits per heavy atom. The molecule has 1 aromatic carbocycles. The van der Waals surface area contributed by atoms with Crippen molar-refractivity contribution in [3.63, 3.8) is 0 Å². The van der Waals surface area contributed by atoms with Crippen LogP contribution in [0.3, 0.4) is 0 Å². The van der Waals surface area contributed by atoms with Crippen molar-refractivity contribution in [2.45, 2.75) is 19.1 Å². The van der Waals surface area contributed by atoms with E-state index in [0.29, 0.717) is 12.0 Å². The molecule has 0 spiro atoms. The van der Waals surface area contributed by atoms with E-state index in [1.165, 1.54) is 23.4 Å². The van der Waals surface area contributed by atoms with Crippen LogP contribution < -0.4 is 5.73 Å². The zero-order chi connectivity index (χ0) is 21.9. The molecule has 1 aromatic heterocycles. The third kappa shape index (κ3) is 7.45. The van der Waals surface area contributed by atoms with Gasteiger partial charge in [0.15, 0.2) is 0 Å². The number of hydrogen-bond donors (Lipinski definition) is 2. The monoisotopic (exact) mass is 412 g/mol. The Morgan fingerprint density at radius 2 is 2.07 bits per heavy atom. The van der Waals surface area contributed by atoms with Crippen LogP contribution >= 0.6 is 0 Å². The third-order valence-corrected chi connectivity index (χ3v) is 3.99. The molecule has 2 rings (SSSR count). The lowest BCUT2D eigenvalue weighted by molar-refractivity contribution is 0.0681. The summed E-state index contributed by atoms with van der Waals surface area (Å²) in [6.07, 6.45) is 4.48. The maximum atomic E-state index is 12.6. The first kappa shape index (κ1) is 22.7. The van der Waals surface area contributed by atoms with Crippen LogP contribution in [0.15, 0.2) is 65.6 Å². The number of nitrogens with two attached hydrogens (primary N) is 1. The maximum absolute atomic E-state index is 12.6. The second-order valence-corrected chi connectivity index (χ2v) is 6.42. The third-order valence-electron chi connectivity index (χ3n) is 3.99. The molecule has 0 saturated carbocycles. The van der Waals surface area contributed by atoms with Crippen molar-refractivity contribution in [1.82, 2.24) is 9.88 Å². The minimum Gasteiger partial charge on any atom is -0.404 e. The number of likely N-dealkylation sites (N-methyl/N-ethyl adjacent to an activating group) is 1. The van der Waals surface area contributed by atoms with E-state index in [9.17, 15) is 18.7 Å². The molecule has 30 heavy (non-hydrogen) atoms. The number of carbonyl (C=O) groups is 1. The number of aliphatic hydroxyl groups is 1. The fourth-order valence-electron chi connectivity index (χ4n) is 2.59. The maximum Gasteiger partial charge on any atom is 0.331 e. The number of alkyl halides is 2. The highest BCUT2D eigenvalue weighted by molar-refractivity contribution is 5.94. The van der Waals surface area contributed by atoms with E-state index < -0.39 is 12.7 Å². The molecule has 2 aromatic rings. The molecule has 156 valence electrons. The van der Waals surface area contributed by atoms with E-state index in [2.05, 4.69) is 21.8 Å². The number of aliphatic imine (C=N–C) groups is 1. The fraction of sp³-hybridized carbons (Fsp3) is 0.227. The SMILES string of the molecule is CN(CC(O)Cc1ccccc1)C(=O)c1cncc(C#CC(C=NC(F)F)=CN)c1. The Hall–Kier alpha value is -3.57. The van der Waals surface area contributed by atoms with Crippen LogP contribution in [0.4, 0.5) is 8.78 Å². The normalized spacial score (nSPS) is 12.5. The van der Waals surface area contributed by atoms with Crippen LogP contribution in [0.1, 0.15) is 21.5 Å². The number of nitrogens with zero attached hydrogens (tertiary/aromatic N) is 3. The number of rotatable bonds is 7. The van der Waals surface area contributed by atoms with Gasteiger partial charge in [-0.2, -0.15) is 8.78 Å². The van der Waals surface area contributed by atoms with E-state index in [-0.39, 0.29) is 23.6 Å². The summed E-state index contributed by atoms with van der Waals surface area (Å²) in [6.45, 7) is -2.70. The number of aromatic nitrogens is 1. The lowest BCUT2D eigenvalue weighted by Gasteiger charge is -2.21. The van der Waals surface area contributed by atoms with Crippen LogP contribution in [0.25, 0.3) is 0 Å². The van der Waals surface area contributed by atoms with Crippen molar-refractivity contribution in [1.29, 1.82) is 0 Å². The number of allylic oxidation sites excluding steroid dienone is 1. The van der Waals surface area contributed by atoms with Gasteiger partial charge in [-0.3, -0.25) is 9.78 Å². The first-order chi connectivity index (χ1) is 14.4. The molecule has 8 heteroatoms. The summed E-state index contributed by atoms with van der Waals surface area (Å²) in [4.78, 5) is 21.0. The number of amides is 1. The molecule has 3 N–H and O–H groups in total. The zero-order valence-electron chi connectivity index (χ0n) is 16.4. The van der Waals surface area contributed by atoms with Crippen LogP contribution in [0.5, 0.6) is 0 Å². The van der Waals surface area contributed by atoms with E-state index in [1.54, 1.807) is 7.05 Å². The number of hydrogen-bond acceptors (Lipinski definition) is 5. The highest BCUT2D eigenvalue weighted by Gasteiger charge is 2.16. The van der Waals surface area contributed by atoms with Gasteiger partial charge < -0.3 is 15.7 Å². The molecule has 1 amide bonds. The number of carbonyl (C=O) groups excluding carboxylic acids is 1. The summed E-state index contributed by atoms with van der Waals surface area (Å²) in [5.74, 6) is 4.98. The number of aliphatic hydroxyl groups excluding tert-OH is 1. The lowest BCUT2D eigenvalue weighted by atomic mass is 10.1. The van der Waals surface area contributed by atoms with Gasteiger partial charge in [-0.1, -0.05) is 42.2 Å². The van der Waals surface area contributed by atoms with Gasteiger partial charge in [0.2, 0.25) is 0 Å². The van der Waals surface area contributed by atoms with E-state index in [0.717, 1.165) is 18.0 Å². The highest BCUT2D eigenvalue weighted by atomic mass is 19.3. The first-order valence-corrected chi connectivity index (χ1v) is 9.06. The van der Waals surface area contributed by atoms with E-state index >= 15 is 0 Å². The molecule has 0 aliphatic carbocycles. The molecule has 0 fully saturated rings. The van der Waals surface area contributed by atoms with Crippen molar-refractivity contribution in [3.8, 4) is 11.8 Å². The largest absolute Gasteiger partial charge is 0.404 e. The van der Waals surface area contributed by atoms with Gasteiger partial charge in [-0.15, -0.1) is 0 Å². The Bertz CT molecular complexity index is 966. The van der Waals surface area contributed by atoms with Crippen LogP contribution in [-0.2, 0) is 6.42 Å². The number of pyridine rings is 1. The summed E-state index contributed by atoms with van der Waals surface area (Å²) in [5.41, 5.74) is 7.12. The van der Waals surface area contributed by atoms with Crippen molar-refractivity contribution in [2.24, 2.45) is 10.7 Å². The number of benzene rings is 1. The molecule has 0 aliphatic heterocycles. The molecule has 0 saturated heterocycles. The summed E-state index contributed by atoms with van der Waals surface area (Å²) in [7, 11) is 1.59. The molecular formula is C22H22F2N4O2. The molecule has 0 aliphatic rings. The van der Waals surface area contributed by atoms with Crippen LogP contribution in [0, 0.1) is 11.8 Å². The van der Waals surface area contributed by atoms with Gasteiger partial charge in [0, 0.05) is 50.4 Å². The summed E-state index contributed by atoms with van der Waals surface area (Å²) < 4.78 is 24.3. The van der Waals surface area contributed by atoms with Gasteiger partial charge in [0.05, 0.1) is 17.2 Å². The van der Waals surface area contributed by atoms with Crippen LogP contribution in [0.2, 0.25) is 0 Å². The lowest BCUT2D eigenvalue weighted by Crippen LogP contribution is -2.35. The Morgan fingerprint density at radius 3 is 2.73 bits per heavy atom. The van der Waals surface area contributed by atoms with Gasteiger partial charge in [0.25, 0.3) is 5.91 Å². The molecule has 6 nitrogen and oxygen atoms in total. The average molecular weight is 412 g/mol. The Balaban J connectivity index is 2.04. The van der Waals surface area contributed by atoms with Gasteiger partial charge in [-0.25, -0.2) is 4.99 Å². The summed E-state index contributed by atoms with van der Waals surface area (Å²) in [5, 5.41) is 10.3. The number of halogens is 2. The second kappa shape index (κ2) is 11.4. The predicted molar refractivity (Wildman–Crippen MR) is 111 cm³/mol. The summed E-state index contributed by atoms with van der Waals surface area (Å²) in [6, 6.07) is 11.0. The average Bonchev–Trinajstić information content (AvgIpc) is 2.74.